The quantitative estimate of drug-likeness (QED) is 0.498. The molecule has 1 rings (SSSR count). The number of aryl methyl sites for hydroxylation is 1. The van der Waals surface area contributed by atoms with Crippen LogP contribution in [-0.4, -0.2) is 14.5 Å². The van der Waals surface area contributed by atoms with Gasteiger partial charge < -0.3 is 0 Å². The van der Waals surface area contributed by atoms with E-state index in [1.807, 2.05) is 6.92 Å². The SMILES string of the molecule is Cc1cn(Cl)nn1. The van der Waals surface area contributed by atoms with Gasteiger partial charge in [0.1, 0.15) is 0 Å². The molecule has 0 amide bonds. The highest BCUT2D eigenvalue weighted by Crippen LogP contribution is 1.88. The molecule has 0 aliphatic rings. The van der Waals surface area contributed by atoms with Gasteiger partial charge in [-0.25, -0.2) is 0 Å². The molecule has 0 aliphatic carbocycles. The van der Waals surface area contributed by atoms with Crippen LogP contribution in [0.15, 0.2) is 6.20 Å². The lowest BCUT2D eigenvalue weighted by Crippen LogP contribution is -1.76. The van der Waals surface area contributed by atoms with Crippen LogP contribution in [0.4, 0.5) is 0 Å². The van der Waals surface area contributed by atoms with Gasteiger partial charge >= 0.3 is 0 Å². The van der Waals surface area contributed by atoms with Gasteiger partial charge in [-0.3, -0.25) is 0 Å². The fraction of sp³-hybridized carbons (Fsp3) is 0.333. The summed E-state index contributed by atoms with van der Waals surface area (Å²) in [6.45, 7) is 1.83. The molecule has 4 heteroatoms. The lowest BCUT2D eigenvalue weighted by atomic mass is 10.6. The summed E-state index contributed by atoms with van der Waals surface area (Å²) in [4.78, 5) is 0. The summed E-state index contributed by atoms with van der Waals surface area (Å²) in [5.74, 6) is 0. The van der Waals surface area contributed by atoms with Crippen molar-refractivity contribution in [2.45, 2.75) is 6.92 Å². The lowest BCUT2D eigenvalue weighted by Gasteiger charge is -1.70. The minimum Gasteiger partial charge on any atom is -0.159 e. The largest absolute Gasteiger partial charge is 0.159 e. The van der Waals surface area contributed by atoms with Crippen molar-refractivity contribution in [3.63, 3.8) is 0 Å². The fourth-order valence-corrected chi connectivity index (χ4v) is 0.494. The summed E-state index contributed by atoms with van der Waals surface area (Å²) < 4.78 is 1.15. The third-order valence-electron chi connectivity index (χ3n) is 0.581. The zero-order valence-corrected chi connectivity index (χ0v) is 4.55. The molecule has 0 unspecified atom stereocenters. The van der Waals surface area contributed by atoms with Gasteiger partial charge in [0.05, 0.1) is 11.9 Å². The molecule has 1 heterocycles. The van der Waals surface area contributed by atoms with Crippen molar-refractivity contribution in [3.8, 4) is 0 Å². The smallest absolute Gasteiger partial charge is 0.0812 e. The first kappa shape index (κ1) is 4.59. The summed E-state index contributed by atoms with van der Waals surface area (Å²) >= 11 is 5.30. The van der Waals surface area contributed by atoms with Gasteiger partial charge in [-0.15, -0.1) is 5.10 Å². The van der Waals surface area contributed by atoms with Gasteiger partial charge in [0.2, 0.25) is 0 Å². The van der Waals surface area contributed by atoms with Crippen molar-refractivity contribution in [3.05, 3.63) is 11.9 Å². The fourth-order valence-electron chi connectivity index (χ4n) is 0.319. The van der Waals surface area contributed by atoms with Crippen LogP contribution in [0.3, 0.4) is 0 Å². The van der Waals surface area contributed by atoms with Crippen LogP contribution in [-0.2, 0) is 0 Å². The van der Waals surface area contributed by atoms with Crippen LogP contribution in [0.2, 0.25) is 0 Å². The Bertz CT molecular complexity index is 142. The van der Waals surface area contributed by atoms with Gasteiger partial charge in [-0.2, -0.15) is 4.20 Å². The van der Waals surface area contributed by atoms with E-state index in [-0.39, 0.29) is 0 Å². The summed E-state index contributed by atoms with van der Waals surface area (Å²) in [7, 11) is 0. The zero-order valence-electron chi connectivity index (χ0n) is 3.80. The van der Waals surface area contributed by atoms with E-state index in [1.165, 1.54) is 0 Å². The molecule has 0 radical (unpaired) electrons. The summed E-state index contributed by atoms with van der Waals surface area (Å²) in [6.07, 6.45) is 1.63. The Morgan fingerprint density at radius 3 is 2.71 bits per heavy atom. The second-order valence-corrected chi connectivity index (χ2v) is 1.59. The maximum absolute atomic E-state index is 5.30. The first-order chi connectivity index (χ1) is 3.29. The van der Waals surface area contributed by atoms with Gasteiger partial charge in [0.25, 0.3) is 0 Å². The second-order valence-electron chi connectivity index (χ2n) is 1.25. The van der Waals surface area contributed by atoms with E-state index in [1.54, 1.807) is 6.20 Å². The molecule has 1 aromatic rings. The summed E-state index contributed by atoms with van der Waals surface area (Å²) in [6, 6.07) is 0. The Balaban J connectivity index is 3.04. The van der Waals surface area contributed by atoms with Gasteiger partial charge in [-0.1, -0.05) is 5.21 Å². The first-order valence-electron chi connectivity index (χ1n) is 1.84. The summed E-state index contributed by atoms with van der Waals surface area (Å²) in [5, 5.41) is 7.05. The molecule has 0 N–H and O–H groups in total. The first-order valence-corrected chi connectivity index (χ1v) is 2.18. The van der Waals surface area contributed by atoms with Crippen molar-refractivity contribution >= 4 is 11.8 Å². The highest BCUT2D eigenvalue weighted by molar-refractivity contribution is 6.14. The minimum absolute atomic E-state index is 0.829. The maximum Gasteiger partial charge on any atom is 0.0812 e. The molecule has 0 aromatic carbocycles. The van der Waals surface area contributed by atoms with E-state index in [9.17, 15) is 0 Å². The Hall–Kier alpha value is -0.570. The highest BCUT2D eigenvalue weighted by atomic mass is 35.5. The molecule has 0 saturated carbocycles. The predicted molar refractivity (Wildman–Crippen MR) is 26.0 cm³/mol. The standard InChI is InChI=1S/C3H4ClN3/c1-3-2-7(4)6-5-3/h2H,1H3. The van der Waals surface area contributed by atoms with E-state index in [4.69, 9.17) is 11.8 Å². The highest BCUT2D eigenvalue weighted by Gasteiger charge is 1.86. The van der Waals surface area contributed by atoms with Crippen LogP contribution in [0, 0.1) is 6.92 Å². The van der Waals surface area contributed by atoms with Crippen molar-refractivity contribution in [2.75, 3.05) is 0 Å². The number of hydrogen-bond acceptors (Lipinski definition) is 2. The molecule has 0 fully saturated rings. The van der Waals surface area contributed by atoms with E-state index < -0.39 is 0 Å². The van der Waals surface area contributed by atoms with E-state index in [0.29, 0.717) is 0 Å². The monoisotopic (exact) mass is 117 g/mol. The number of nitrogens with zero attached hydrogens (tertiary/aromatic N) is 3. The van der Waals surface area contributed by atoms with Crippen molar-refractivity contribution < 1.29 is 0 Å². The molecule has 3 nitrogen and oxygen atoms in total. The van der Waals surface area contributed by atoms with Crippen molar-refractivity contribution in [2.24, 2.45) is 0 Å². The molecule has 1 aromatic heterocycles. The average molecular weight is 118 g/mol. The topological polar surface area (TPSA) is 30.7 Å². The Labute approximate surface area is 46.0 Å². The third kappa shape index (κ3) is 0.899. The Kier molecular flexibility index (Phi) is 0.982. The van der Waals surface area contributed by atoms with Crippen LogP contribution in [0.25, 0.3) is 0 Å². The van der Waals surface area contributed by atoms with E-state index in [0.717, 1.165) is 9.89 Å². The second kappa shape index (κ2) is 1.50. The normalized spacial score (nSPS) is 9.43. The molecular weight excluding hydrogens is 114 g/mol. The zero-order chi connectivity index (χ0) is 5.28. The summed E-state index contributed by atoms with van der Waals surface area (Å²) in [5.41, 5.74) is 0.829. The van der Waals surface area contributed by atoms with Crippen molar-refractivity contribution in [1.82, 2.24) is 14.5 Å². The minimum atomic E-state index is 0.829. The third-order valence-corrected chi connectivity index (χ3v) is 0.746. The molecule has 38 valence electrons. The van der Waals surface area contributed by atoms with Crippen LogP contribution >= 0.6 is 11.8 Å². The molecule has 0 saturated heterocycles. The average Bonchev–Trinajstić information content (AvgIpc) is 1.87. The molecular formula is C3H4ClN3. The number of hydrogen-bond donors (Lipinski definition) is 0. The lowest BCUT2D eigenvalue weighted by molar-refractivity contribution is 0.873. The van der Waals surface area contributed by atoms with Gasteiger partial charge in [-0.05, 0) is 6.92 Å². The number of aromatic nitrogens is 3. The van der Waals surface area contributed by atoms with Gasteiger partial charge in [0, 0.05) is 11.8 Å². The van der Waals surface area contributed by atoms with Crippen LogP contribution < -0.4 is 0 Å². The molecule has 0 bridgehead atoms. The van der Waals surface area contributed by atoms with Crippen molar-refractivity contribution in [1.29, 1.82) is 0 Å². The van der Waals surface area contributed by atoms with E-state index >= 15 is 0 Å². The molecule has 0 spiro atoms. The van der Waals surface area contributed by atoms with E-state index in [2.05, 4.69) is 10.3 Å². The predicted octanol–water partition coefficient (Wildman–Crippen LogP) is 0.588. The molecule has 7 heavy (non-hydrogen) atoms. The Morgan fingerprint density at radius 2 is 2.57 bits per heavy atom. The molecule has 0 aliphatic heterocycles. The number of rotatable bonds is 0. The van der Waals surface area contributed by atoms with Crippen LogP contribution in [0.5, 0.6) is 0 Å². The maximum atomic E-state index is 5.30. The molecule has 0 atom stereocenters. The van der Waals surface area contributed by atoms with Gasteiger partial charge in [0.15, 0.2) is 0 Å². The van der Waals surface area contributed by atoms with Crippen LogP contribution in [0.1, 0.15) is 5.69 Å². The Morgan fingerprint density at radius 1 is 1.86 bits per heavy atom. The number of halogens is 1.